The number of rotatable bonds is 6. The van der Waals surface area contributed by atoms with E-state index in [4.69, 9.17) is 4.98 Å². The Morgan fingerprint density at radius 3 is 1.68 bits per heavy atom. The Labute approximate surface area is 306 Å². The Kier molecular flexibility index (Phi) is 7.13. The van der Waals surface area contributed by atoms with E-state index >= 15 is 0 Å². The molecule has 0 fully saturated rings. The first-order valence-electron chi connectivity index (χ1n) is 17.5. The number of pyridine rings is 1. The third kappa shape index (κ3) is 5.06. The molecule has 0 aliphatic rings. The van der Waals surface area contributed by atoms with E-state index in [0.717, 1.165) is 55.7 Å². The lowest BCUT2D eigenvalue weighted by molar-refractivity contribution is 0.596. The molecule has 5 nitrogen and oxygen atoms in total. The van der Waals surface area contributed by atoms with Crippen LogP contribution in [0.25, 0.3) is 77.5 Å². The fourth-order valence-electron chi connectivity index (χ4n) is 7.65. The summed E-state index contributed by atoms with van der Waals surface area (Å²) >= 11 is 0. The highest BCUT2D eigenvalue weighted by molar-refractivity contribution is 7.91. The van der Waals surface area contributed by atoms with Gasteiger partial charge in [0.05, 0.1) is 37.6 Å². The fraction of sp³-hybridized carbons (Fsp3) is 0. The van der Waals surface area contributed by atoms with Crippen molar-refractivity contribution in [2.75, 3.05) is 0 Å². The molecule has 0 saturated heterocycles. The lowest BCUT2D eigenvalue weighted by Crippen LogP contribution is -2.02. The highest BCUT2D eigenvalue weighted by Crippen LogP contribution is 2.38. The van der Waals surface area contributed by atoms with E-state index in [2.05, 4.69) is 124 Å². The molecule has 0 bridgehead atoms. The van der Waals surface area contributed by atoms with Crippen molar-refractivity contribution >= 4 is 53.4 Å². The van der Waals surface area contributed by atoms with E-state index in [0.29, 0.717) is 0 Å². The summed E-state index contributed by atoms with van der Waals surface area (Å²) in [5.41, 5.74) is 9.46. The minimum atomic E-state index is -3.62. The lowest BCUT2D eigenvalue weighted by atomic mass is 10.0. The van der Waals surface area contributed by atoms with E-state index in [-0.39, 0.29) is 9.79 Å². The molecule has 0 aliphatic heterocycles. The Bertz CT molecular complexity index is 3110. The van der Waals surface area contributed by atoms with Gasteiger partial charge in [0, 0.05) is 32.8 Å². The SMILES string of the molecule is O=S(=O)(c1ccccc1)c1ccc(-c2cccc(-n3c4ccccc4c4ccc(-c5ccc6c(c5)c5ccccc5n6-c5ccccc5)cc43)n2)cc1. The lowest BCUT2D eigenvalue weighted by Gasteiger charge is -2.11. The van der Waals surface area contributed by atoms with Crippen LogP contribution in [0.3, 0.4) is 0 Å². The van der Waals surface area contributed by atoms with Gasteiger partial charge in [-0.25, -0.2) is 13.4 Å². The molecular formula is C47H31N3O2S. The molecule has 0 unspecified atom stereocenters. The predicted octanol–water partition coefficient (Wildman–Crippen LogP) is 11.4. The van der Waals surface area contributed by atoms with Crippen LogP contribution in [0.2, 0.25) is 0 Å². The highest BCUT2D eigenvalue weighted by atomic mass is 32.2. The normalized spacial score (nSPS) is 11.9. The van der Waals surface area contributed by atoms with Gasteiger partial charge in [-0.2, -0.15) is 0 Å². The second-order valence-corrected chi connectivity index (χ2v) is 15.2. The van der Waals surface area contributed by atoms with Crippen LogP contribution >= 0.6 is 0 Å². The number of hydrogen-bond acceptors (Lipinski definition) is 3. The monoisotopic (exact) mass is 701 g/mol. The first-order chi connectivity index (χ1) is 26.0. The van der Waals surface area contributed by atoms with Crippen LogP contribution in [0.1, 0.15) is 0 Å². The Morgan fingerprint density at radius 2 is 0.925 bits per heavy atom. The number of fused-ring (bicyclic) bond motifs is 6. The maximum Gasteiger partial charge on any atom is 0.206 e. The summed E-state index contributed by atoms with van der Waals surface area (Å²) in [7, 11) is -3.62. The summed E-state index contributed by atoms with van der Waals surface area (Å²) in [5, 5.41) is 4.72. The smallest absolute Gasteiger partial charge is 0.206 e. The molecule has 0 radical (unpaired) electrons. The first-order valence-corrected chi connectivity index (χ1v) is 19.0. The van der Waals surface area contributed by atoms with Crippen molar-refractivity contribution in [2.24, 2.45) is 0 Å². The van der Waals surface area contributed by atoms with Gasteiger partial charge in [-0.1, -0.05) is 109 Å². The molecule has 252 valence electrons. The molecule has 10 rings (SSSR count). The van der Waals surface area contributed by atoms with Crippen molar-refractivity contribution in [3.05, 3.63) is 188 Å². The molecule has 0 N–H and O–H groups in total. The minimum Gasteiger partial charge on any atom is -0.309 e. The predicted molar refractivity (Wildman–Crippen MR) is 216 cm³/mol. The first kappa shape index (κ1) is 31.0. The van der Waals surface area contributed by atoms with Gasteiger partial charge in [-0.05, 0) is 90.0 Å². The van der Waals surface area contributed by atoms with Gasteiger partial charge >= 0.3 is 0 Å². The summed E-state index contributed by atoms with van der Waals surface area (Å²) in [5.74, 6) is 0.785. The van der Waals surface area contributed by atoms with Crippen molar-refractivity contribution in [2.45, 2.75) is 9.79 Å². The van der Waals surface area contributed by atoms with Crippen molar-refractivity contribution in [1.82, 2.24) is 14.1 Å². The molecule has 0 aliphatic carbocycles. The highest BCUT2D eigenvalue weighted by Gasteiger charge is 2.19. The van der Waals surface area contributed by atoms with Gasteiger partial charge < -0.3 is 4.57 Å². The van der Waals surface area contributed by atoms with E-state index in [9.17, 15) is 8.42 Å². The summed E-state index contributed by atoms with van der Waals surface area (Å²) in [6, 6.07) is 62.5. The number of benzene rings is 7. The van der Waals surface area contributed by atoms with E-state index in [1.165, 1.54) is 21.8 Å². The fourth-order valence-corrected chi connectivity index (χ4v) is 8.94. The van der Waals surface area contributed by atoms with E-state index < -0.39 is 9.84 Å². The standard InChI is InChI=1S/C47H31N3O2S/c51-53(52,36-14-5-2-6-15-36)37-26-22-32(23-27-37)42-18-11-21-47(48-42)50-44-20-10-7-16-38(44)40-28-24-34(31-46(40)50)33-25-29-45-41(30-33)39-17-8-9-19-43(39)49(45)35-12-3-1-4-13-35/h1-31H. The second-order valence-electron chi connectivity index (χ2n) is 13.2. The molecule has 0 amide bonds. The zero-order valence-corrected chi connectivity index (χ0v) is 29.3. The molecule has 0 spiro atoms. The number of sulfone groups is 1. The molecule has 0 atom stereocenters. The second kappa shape index (κ2) is 12.2. The number of hydrogen-bond donors (Lipinski definition) is 0. The Hall–Kier alpha value is -6.76. The van der Waals surface area contributed by atoms with Crippen LogP contribution in [-0.2, 0) is 9.84 Å². The van der Waals surface area contributed by atoms with Gasteiger partial charge in [0.2, 0.25) is 9.84 Å². The molecule has 10 aromatic rings. The molecular weight excluding hydrogens is 671 g/mol. The average molecular weight is 702 g/mol. The summed E-state index contributed by atoms with van der Waals surface area (Å²) in [6.45, 7) is 0. The van der Waals surface area contributed by atoms with Gasteiger partial charge in [0.1, 0.15) is 5.82 Å². The zero-order chi connectivity index (χ0) is 35.5. The summed E-state index contributed by atoms with van der Waals surface area (Å²) in [6.07, 6.45) is 0. The van der Waals surface area contributed by atoms with Gasteiger partial charge in [-0.15, -0.1) is 0 Å². The molecule has 6 heteroatoms. The topological polar surface area (TPSA) is 56.9 Å². The number of para-hydroxylation sites is 3. The van der Waals surface area contributed by atoms with Crippen molar-refractivity contribution in [3.8, 4) is 33.9 Å². The molecule has 3 heterocycles. The molecule has 7 aromatic carbocycles. The Balaban J connectivity index is 1.09. The van der Waals surface area contributed by atoms with Crippen LogP contribution in [0.5, 0.6) is 0 Å². The van der Waals surface area contributed by atoms with Gasteiger partial charge in [0.25, 0.3) is 0 Å². The van der Waals surface area contributed by atoms with Crippen LogP contribution in [0, 0.1) is 0 Å². The van der Waals surface area contributed by atoms with Gasteiger partial charge in [0.15, 0.2) is 0 Å². The summed E-state index contributed by atoms with van der Waals surface area (Å²) < 4.78 is 31.0. The Morgan fingerprint density at radius 1 is 0.377 bits per heavy atom. The van der Waals surface area contributed by atoms with E-state index in [1.807, 2.05) is 36.4 Å². The zero-order valence-electron chi connectivity index (χ0n) is 28.5. The van der Waals surface area contributed by atoms with Crippen molar-refractivity contribution < 1.29 is 8.42 Å². The van der Waals surface area contributed by atoms with Crippen LogP contribution < -0.4 is 0 Å². The quantitative estimate of drug-likeness (QED) is 0.173. The number of aromatic nitrogens is 3. The minimum absolute atomic E-state index is 0.251. The van der Waals surface area contributed by atoms with Crippen LogP contribution in [0.15, 0.2) is 198 Å². The van der Waals surface area contributed by atoms with Gasteiger partial charge in [-0.3, -0.25) is 4.57 Å². The molecule has 53 heavy (non-hydrogen) atoms. The third-order valence-corrected chi connectivity index (χ3v) is 12.0. The molecule has 3 aromatic heterocycles. The third-order valence-electron chi connectivity index (χ3n) is 10.2. The van der Waals surface area contributed by atoms with Crippen LogP contribution in [0.4, 0.5) is 0 Å². The van der Waals surface area contributed by atoms with Crippen molar-refractivity contribution in [1.29, 1.82) is 0 Å². The van der Waals surface area contributed by atoms with E-state index in [1.54, 1.807) is 36.4 Å². The largest absolute Gasteiger partial charge is 0.309 e. The molecule has 0 saturated carbocycles. The van der Waals surface area contributed by atoms with Crippen LogP contribution in [-0.4, -0.2) is 22.5 Å². The maximum absolute atomic E-state index is 13.2. The maximum atomic E-state index is 13.2. The van der Waals surface area contributed by atoms with Crippen molar-refractivity contribution in [3.63, 3.8) is 0 Å². The number of nitrogens with zero attached hydrogens (tertiary/aromatic N) is 3. The average Bonchev–Trinajstić information content (AvgIpc) is 3.74. The summed E-state index contributed by atoms with van der Waals surface area (Å²) in [4.78, 5) is 5.68.